The molecule has 0 bridgehead atoms. The molecule has 1 fully saturated rings. The molecule has 1 aromatic carbocycles. The Morgan fingerprint density at radius 3 is 2.69 bits per heavy atom. The maximum atomic E-state index is 13.4. The fraction of sp³-hybridized carbons (Fsp3) is 0.500. The minimum absolute atomic E-state index is 0.187. The fourth-order valence-corrected chi connectivity index (χ4v) is 2.09. The Labute approximate surface area is 93.8 Å². The molecule has 1 saturated carbocycles. The minimum atomic E-state index is -0.407. The molecule has 1 aliphatic rings. The summed E-state index contributed by atoms with van der Waals surface area (Å²) in [5, 5.41) is 3.24. The van der Waals surface area contributed by atoms with E-state index < -0.39 is 5.82 Å². The molecule has 2 rings (SSSR count). The number of halogens is 2. The van der Waals surface area contributed by atoms with E-state index >= 15 is 0 Å². The summed E-state index contributed by atoms with van der Waals surface area (Å²) in [4.78, 5) is 0. The van der Waals surface area contributed by atoms with Crippen molar-refractivity contribution in [2.45, 2.75) is 37.9 Å². The molecule has 0 heterocycles. The van der Waals surface area contributed by atoms with Gasteiger partial charge in [0, 0.05) is 23.7 Å². The van der Waals surface area contributed by atoms with E-state index in [1.165, 1.54) is 6.07 Å². The molecule has 3 N–H and O–H groups in total. The molecule has 0 aromatic heterocycles. The summed E-state index contributed by atoms with van der Waals surface area (Å²) in [7, 11) is 0. The van der Waals surface area contributed by atoms with Crippen LogP contribution in [0.4, 0.5) is 8.78 Å². The zero-order chi connectivity index (χ0) is 11.7. The number of hydrogen-bond donors (Lipinski definition) is 2. The monoisotopic (exact) mass is 226 g/mol. The van der Waals surface area contributed by atoms with Gasteiger partial charge in [-0.15, -0.1) is 0 Å². The molecule has 1 atom stereocenters. The highest BCUT2D eigenvalue weighted by atomic mass is 19.1. The predicted octanol–water partition coefficient (Wildman–Crippen LogP) is 2.11. The van der Waals surface area contributed by atoms with Crippen molar-refractivity contribution in [2.75, 3.05) is 0 Å². The lowest BCUT2D eigenvalue weighted by atomic mass is 9.86. The van der Waals surface area contributed by atoms with Crippen LogP contribution in [0.3, 0.4) is 0 Å². The van der Waals surface area contributed by atoms with E-state index in [9.17, 15) is 8.78 Å². The fourth-order valence-electron chi connectivity index (χ4n) is 2.09. The molecule has 2 nitrogen and oxygen atoms in total. The van der Waals surface area contributed by atoms with Crippen molar-refractivity contribution in [3.05, 3.63) is 35.4 Å². The summed E-state index contributed by atoms with van der Waals surface area (Å²) in [6.45, 7) is 1.84. The van der Waals surface area contributed by atoms with Crippen LogP contribution in [0.2, 0.25) is 0 Å². The van der Waals surface area contributed by atoms with Gasteiger partial charge in [-0.3, -0.25) is 0 Å². The molecule has 4 heteroatoms. The Balaban J connectivity index is 2.02. The van der Waals surface area contributed by atoms with Crippen LogP contribution in [0.15, 0.2) is 18.2 Å². The number of nitrogens with one attached hydrogen (secondary N) is 1. The van der Waals surface area contributed by atoms with Crippen LogP contribution in [-0.2, 0) is 0 Å². The van der Waals surface area contributed by atoms with Gasteiger partial charge in [0.25, 0.3) is 0 Å². The summed E-state index contributed by atoms with van der Waals surface area (Å²) in [5.74, 6) is -0.777. The van der Waals surface area contributed by atoms with E-state index in [4.69, 9.17) is 5.73 Å². The average Bonchev–Trinajstić information content (AvgIpc) is 2.19. The molecule has 0 spiro atoms. The molecule has 0 aliphatic heterocycles. The van der Waals surface area contributed by atoms with E-state index in [0.29, 0.717) is 11.6 Å². The highest BCUT2D eigenvalue weighted by Gasteiger charge is 2.27. The van der Waals surface area contributed by atoms with Gasteiger partial charge in [0.2, 0.25) is 0 Å². The molecule has 0 amide bonds. The number of hydrogen-bond acceptors (Lipinski definition) is 2. The zero-order valence-electron chi connectivity index (χ0n) is 9.21. The van der Waals surface area contributed by atoms with Crippen LogP contribution in [0.25, 0.3) is 0 Å². The van der Waals surface area contributed by atoms with Gasteiger partial charge in [-0.25, -0.2) is 8.78 Å². The van der Waals surface area contributed by atoms with Crippen LogP contribution in [0, 0.1) is 11.6 Å². The first-order valence-electron chi connectivity index (χ1n) is 5.53. The maximum absolute atomic E-state index is 13.4. The second-order valence-corrected chi connectivity index (χ2v) is 4.48. The van der Waals surface area contributed by atoms with Crippen LogP contribution in [0.5, 0.6) is 0 Å². The number of nitrogens with two attached hydrogens (primary N) is 1. The minimum Gasteiger partial charge on any atom is -0.328 e. The molecule has 1 aliphatic carbocycles. The zero-order valence-corrected chi connectivity index (χ0v) is 9.21. The van der Waals surface area contributed by atoms with Gasteiger partial charge in [0.1, 0.15) is 11.6 Å². The molecule has 0 radical (unpaired) electrons. The summed E-state index contributed by atoms with van der Waals surface area (Å²) in [6, 6.07) is 3.93. The molecular formula is C12H16F2N2. The first-order chi connectivity index (χ1) is 7.56. The van der Waals surface area contributed by atoms with E-state index in [0.717, 1.165) is 25.0 Å². The van der Waals surface area contributed by atoms with Crippen LogP contribution < -0.4 is 11.1 Å². The second kappa shape index (κ2) is 4.47. The standard InChI is InChI=1S/C12H16F2N2/c1-7(16-10-5-9(15)6-10)11-4-8(13)2-3-12(11)14/h2-4,7,9-10,16H,5-6,15H2,1H3. The number of rotatable bonds is 3. The molecule has 1 aromatic rings. The van der Waals surface area contributed by atoms with Gasteiger partial charge >= 0.3 is 0 Å². The largest absolute Gasteiger partial charge is 0.328 e. The highest BCUT2D eigenvalue weighted by molar-refractivity contribution is 5.22. The van der Waals surface area contributed by atoms with Crippen molar-refractivity contribution in [2.24, 2.45) is 5.73 Å². The van der Waals surface area contributed by atoms with Gasteiger partial charge in [0.15, 0.2) is 0 Å². The third-order valence-electron chi connectivity index (χ3n) is 3.08. The third-order valence-corrected chi connectivity index (χ3v) is 3.08. The molecule has 1 unspecified atom stereocenters. The first kappa shape index (κ1) is 11.5. The van der Waals surface area contributed by atoms with Gasteiger partial charge in [0.05, 0.1) is 0 Å². The van der Waals surface area contributed by atoms with E-state index in [1.54, 1.807) is 0 Å². The predicted molar refractivity (Wildman–Crippen MR) is 58.9 cm³/mol. The molecular weight excluding hydrogens is 210 g/mol. The van der Waals surface area contributed by atoms with E-state index in [-0.39, 0.29) is 17.9 Å². The average molecular weight is 226 g/mol. The van der Waals surface area contributed by atoms with Crippen LogP contribution >= 0.6 is 0 Å². The molecule has 0 saturated heterocycles. The van der Waals surface area contributed by atoms with E-state index in [1.807, 2.05) is 6.92 Å². The molecule has 88 valence electrons. The van der Waals surface area contributed by atoms with Crippen molar-refractivity contribution >= 4 is 0 Å². The van der Waals surface area contributed by atoms with Gasteiger partial charge in [-0.05, 0) is 38.0 Å². The Hall–Kier alpha value is -1.00. The summed E-state index contributed by atoms with van der Waals surface area (Å²) >= 11 is 0. The second-order valence-electron chi connectivity index (χ2n) is 4.48. The maximum Gasteiger partial charge on any atom is 0.128 e. The van der Waals surface area contributed by atoms with Crippen LogP contribution in [0.1, 0.15) is 31.4 Å². The van der Waals surface area contributed by atoms with Gasteiger partial charge in [-0.1, -0.05) is 0 Å². The van der Waals surface area contributed by atoms with E-state index in [2.05, 4.69) is 5.32 Å². The topological polar surface area (TPSA) is 38.0 Å². The number of benzene rings is 1. The van der Waals surface area contributed by atoms with Crippen molar-refractivity contribution in [1.29, 1.82) is 0 Å². The Morgan fingerprint density at radius 1 is 1.38 bits per heavy atom. The van der Waals surface area contributed by atoms with Gasteiger partial charge < -0.3 is 11.1 Å². The molecule has 16 heavy (non-hydrogen) atoms. The van der Waals surface area contributed by atoms with Crippen LogP contribution in [-0.4, -0.2) is 12.1 Å². The first-order valence-corrected chi connectivity index (χ1v) is 5.53. The lowest BCUT2D eigenvalue weighted by Crippen LogP contribution is -2.49. The summed E-state index contributed by atoms with van der Waals surface area (Å²) in [5.41, 5.74) is 6.04. The third kappa shape index (κ3) is 2.39. The SMILES string of the molecule is CC(NC1CC(N)C1)c1cc(F)ccc1F. The smallest absolute Gasteiger partial charge is 0.128 e. The highest BCUT2D eigenvalue weighted by Crippen LogP contribution is 2.24. The van der Waals surface area contributed by atoms with Gasteiger partial charge in [-0.2, -0.15) is 0 Å². The normalized spacial score (nSPS) is 26.2. The Kier molecular flexibility index (Phi) is 3.21. The summed E-state index contributed by atoms with van der Waals surface area (Å²) < 4.78 is 26.4. The van der Waals surface area contributed by atoms with Crippen molar-refractivity contribution in [3.8, 4) is 0 Å². The Bertz CT molecular complexity index is 375. The Morgan fingerprint density at radius 2 is 2.06 bits per heavy atom. The van der Waals surface area contributed by atoms with Crippen molar-refractivity contribution in [1.82, 2.24) is 5.32 Å². The summed E-state index contributed by atoms with van der Waals surface area (Å²) in [6.07, 6.45) is 1.81. The lowest BCUT2D eigenvalue weighted by molar-refractivity contribution is 0.270. The quantitative estimate of drug-likeness (QED) is 0.828. The van der Waals surface area contributed by atoms with Crippen molar-refractivity contribution < 1.29 is 8.78 Å². The van der Waals surface area contributed by atoms with Crippen molar-refractivity contribution in [3.63, 3.8) is 0 Å². The lowest BCUT2D eigenvalue weighted by Gasteiger charge is -2.35.